The predicted molar refractivity (Wildman–Crippen MR) is 76.7 cm³/mol. The Labute approximate surface area is 116 Å². The molecule has 1 aliphatic rings. The predicted octanol–water partition coefficient (Wildman–Crippen LogP) is 2.98. The van der Waals surface area contributed by atoms with Crippen LogP contribution in [0.25, 0.3) is 0 Å². The van der Waals surface area contributed by atoms with Crippen LogP contribution in [0.5, 0.6) is 0 Å². The van der Waals surface area contributed by atoms with Crippen LogP contribution in [0.2, 0.25) is 0 Å². The van der Waals surface area contributed by atoms with Gasteiger partial charge in [-0.25, -0.2) is 0 Å². The summed E-state index contributed by atoms with van der Waals surface area (Å²) in [5, 5.41) is 3.53. The summed E-state index contributed by atoms with van der Waals surface area (Å²) in [6, 6.07) is 0. The van der Waals surface area contributed by atoms with Crippen molar-refractivity contribution in [3.8, 4) is 0 Å². The molecule has 0 aromatic heterocycles. The third-order valence-corrected chi connectivity index (χ3v) is 4.03. The maximum absolute atomic E-state index is 12.4. The van der Waals surface area contributed by atoms with E-state index in [2.05, 4.69) is 26.1 Å². The van der Waals surface area contributed by atoms with Crippen LogP contribution in [0.4, 0.5) is 0 Å². The highest BCUT2D eigenvalue weighted by Crippen LogP contribution is 2.32. The SMILES string of the molecule is CN1C(=O)[C@](C)(CCCCCCl)N[C@H]1C(C)(C)C. The fourth-order valence-electron chi connectivity index (χ4n) is 2.69. The van der Waals surface area contributed by atoms with Gasteiger partial charge in [0.25, 0.3) is 0 Å². The van der Waals surface area contributed by atoms with Gasteiger partial charge in [-0.3, -0.25) is 10.1 Å². The first-order valence-corrected chi connectivity index (χ1v) is 7.37. The molecule has 0 unspecified atom stereocenters. The Bertz CT molecular complexity index is 301. The highest BCUT2D eigenvalue weighted by atomic mass is 35.5. The highest BCUT2D eigenvalue weighted by Gasteiger charge is 2.49. The van der Waals surface area contributed by atoms with Crippen LogP contribution in [-0.4, -0.2) is 35.4 Å². The Morgan fingerprint density at radius 2 is 1.94 bits per heavy atom. The second kappa shape index (κ2) is 5.79. The van der Waals surface area contributed by atoms with Gasteiger partial charge in [-0.1, -0.05) is 33.6 Å². The van der Waals surface area contributed by atoms with Crippen molar-refractivity contribution in [1.82, 2.24) is 10.2 Å². The minimum Gasteiger partial charge on any atom is -0.328 e. The van der Waals surface area contributed by atoms with E-state index in [0.29, 0.717) is 5.88 Å². The lowest BCUT2D eigenvalue weighted by Crippen LogP contribution is -2.48. The number of carbonyl (C=O) groups excluding carboxylic acids is 1. The summed E-state index contributed by atoms with van der Waals surface area (Å²) in [4.78, 5) is 14.2. The number of nitrogens with zero attached hydrogens (tertiary/aromatic N) is 1. The Morgan fingerprint density at radius 3 is 2.39 bits per heavy atom. The van der Waals surface area contributed by atoms with Gasteiger partial charge in [0.1, 0.15) is 0 Å². The Hall–Kier alpha value is -0.280. The smallest absolute Gasteiger partial charge is 0.243 e. The van der Waals surface area contributed by atoms with Crippen molar-refractivity contribution in [2.24, 2.45) is 5.41 Å². The van der Waals surface area contributed by atoms with Crippen LogP contribution in [-0.2, 0) is 4.79 Å². The molecule has 3 nitrogen and oxygen atoms in total. The summed E-state index contributed by atoms with van der Waals surface area (Å²) >= 11 is 5.68. The molecule has 0 radical (unpaired) electrons. The van der Waals surface area contributed by atoms with E-state index in [4.69, 9.17) is 11.6 Å². The number of alkyl halides is 1. The molecule has 1 aliphatic heterocycles. The zero-order chi connectivity index (χ0) is 14.0. The Morgan fingerprint density at radius 1 is 1.33 bits per heavy atom. The fourth-order valence-corrected chi connectivity index (χ4v) is 2.88. The molecule has 1 rings (SSSR count). The molecule has 1 N–H and O–H groups in total. The Balaban J connectivity index is 2.64. The van der Waals surface area contributed by atoms with Crippen LogP contribution in [0.15, 0.2) is 0 Å². The second-order valence-corrected chi connectivity index (χ2v) is 7.04. The second-order valence-electron chi connectivity index (χ2n) is 6.66. The normalized spacial score (nSPS) is 29.1. The average Bonchev–Trinajstić information content (AvgIpc) is 2.50. The number of hydrogen-bond donors (Lipinski definition) is 1. The topological polar surface area (TPSA) is 32.3 Å². The molecule has 2 atom stereocenters. The minimum absolute atomic E-state index is 0.0539. The molecule has 0 aromatic rings. The number of rotatable bonds is 5. The van der Waals surface area contributed by atoms with Crippen LogP contribution in [0.3, 0.4) is 0 Å². The summed E-state index contributed by atoms with van der Waals surface area (Å²) in [6.07, 6.45) is 4.18. The van der Waals surface area contributed by atoms with Crippen molar-refractivity contribution in [3.05, 3.63) is 0 Å². The third-order valence-electron chi connectivity index (χ3n) is 3.77. The maximum atomic E-state index is 12.4. The van der Waals surface area contributed by atoms with Gasteiger partial charge in [-0.15, -0.1) is 11.6 Å². The van der Waals surface area contributed by atoms with E-state index in [-0.39, 0.29) is 17.5 Å². The van der Waals surface area contributed by atoms with Crippen LogP contribution in [0.1, 0.15) is 53.4 Å². The fraction of sp³-hybridized carbons (Fsp3) is 0.929. The quantitative estimate of drug-likeness (QED) is 0.617. The molecular formula is C14H27ClN2O. The van der Waals surface area contributed by atoms with E-state index in [9.17, 15) is 4.79 Å². The number of carbonyl (C=O) groups is 1. The summed E-state index contributed by atoms with van der Waals surface area (Å²) in [6.45, 7) is 8.51. The molecule has 18 heavy (non-hydrogen) atoms. The summed E-state index contributed by atoms with van der Waals surface area (Å²) in [5.41, 5.74) is -0.350. The largest absolute Gasteiger partial charge is 0.328 e. The highest BCUT2D eigenvalue weighted by molar-refractivity contribution is 6.17. The van der Waals surface area contributed by atoms with Crippen molar-refractivity contribution in [2.75, 3.05) is 12.9 Å². The molecule has 0 bridgehead atoms. The van der Waals surface area contributed by atoms with E-state index < -0.39 is 5.54 Å². The molecular weight excluding hydrogens is 248 g/mol. The first-order valence-electron chi connectivity index (χ1n) is 6.83. The van der Waals surface area contributed by atoms with Crippen LogP contribution >= 0.6 is 11.6 Å². The minimum atomic E-state index is -0.404. The zero-order valence-corrected chi connectivity index (χ0v) is 13.1. The lowest BCUT2D eigenvalue weighted by molar-refractivity contribution is -0.132. The zero-order valence-electron chi connectivity index (χ0n) is 12.3. The number of amides is 1. The molecule has 106 valence electrons. The van der Waals surface area contributed by atoms with Gasteiger partial charge in [0.15, 0.2) is 0 Å². The number of halogens is 1. The summed E-state index contributed by atoms with van der Waals surface area (Å²) < 4.78 is 0. The molecule has 0 spiro atoms. The lowest BCUT2D eigenvalue weighted by atomic mass is 9.91. The lowest BCUT2D eigenvalue weighted by Gasteiger charge is -2.32. The molecule has 1 amide bonds. The first-order chi connectivity index (χ1) is 8.22. The van der Waals surface area contributed by atoms with E-state index in [0.717, 1.165) is 25.7 Å². The van der Waals surface area contributed by atoms with E-state index >= 15 is 0 Å². The van der Waals surface area contributed by atoms with Gasteiger partial charge in [0.05, 0.1) is 11.7 Å². The third kappa shape index (κ3) is 3.39. The number of unbranched alkanes of at least 4 members (excludes halogenated alkanes) is 2. The van der Waals surface area contributed by atoms with Crippen molar-refractivity contribution in [2.45, 2.75) is 65.1 Å². The van der Waals surface area contributed by atoms with Gasteiger partial charge in [0, 0.05) is 12.9 Å². The number of likely N-dealkylation sites (N-methyl/N-ethyl adjacent to an activating group) is 1. The van der Waals surface area contributed by atoms with Gasteiger partial charge in [-0.05, 0) is 25.2 Å². The summed E-state index contributed by atoms with van der Waals surface area (Å²) in [7, 11) is 1.90. The van der Waals surface area contributed by atoms with E-state index in [1.54, 1.807) is 0 Å². The van der Waals surface area contributed by atoms with Gasteiger partial charge in [-0.2, -0.15) is 0 Å². The number of hydrogen-bond acceptors (Lipinski definition) is 2. The van der Waals surface area contributed by atoms with Gasteiger partial charge < -0.3 is 4.90 Å². The van der Waals surface area contributed by atoms with Gasteiger partial charge >= 0.3 is 0 Å². The molecule has 0 saturated carbocycles. The van der Waals surface area contributed by atoms with Crippen molar-refractivity contribution >= 4 is 17.5 Å². The first kappa shape index (κ1) is 15.8. The van der Waals surface area contributed by atoms with Gasteiger partial charge in [0.2, 0.25) is 5.91 Å². The van der Waals surface area contributed by atoms with Crippen molar-refractivity contribution < 1.29 is 4.79 Å². The summed E-state index contributed by atoms with van der Waals surface area (Å²) in [5.74, 6) is 0.927. The molecule has 1 fully saturated rings. The number of nitrogens with one attached hydrogen (secondary N) is 1. The average molecular weight is 275 g/mol. The molecule has 0 aromatic carbocycles. The molecule has 0 aliphatic carbocycles. The standard InChI is InChI=1S/C14H27ClN2O/c1-13(2,3)11-16-14(4,12(18)17(11)5)9-7-6-8-10-15/h11,16H,6-10H2,1-5H3/t11-,14+/m1/s1. The monoisotopic (exact) mass is 274 g/mol. The van der Waals surface area contributed by atoms with Crippen LogP contribution in [0, 0.1) is 5.41 Å². The molecule has 1 saturated heterocycles. The Kier molecular flexibility index (Phi) is 5.07. The molecule has 4 heteroatoms. The van der Waals surface area contributed by atoms with Crippen molar-refractivity contribution in [3.63, 3.8) is 0 Å². The maximum Gasteiger partial charge on any atom is 0.243 e. The van der Waals surface area contributed by atoms with Crippen LogP contribution < -0.4 is 5.32 Å². The van der Waals surface area contributed by atoms with Crippen molar-refractivity contribution in [1.29, 1.82) is 0 Å². The molecule has 1 heterocycles. The van der Waals surface area contributed by atoms with E-state index in [1.807, 2.05) is 18.9 Å². The van der Waals surface area contributed by atoms with E-state index in [1.165, 1.54) is 0 Å².